The van der Waals surface area contributed by atoms with Crippen LogP contribution in [0, 0.1) is 0 Å². The molecule has 12 nitrogen and oxygen atoms in total. The molecule has 0 saturated heterocycles. The molecule has 2 aromatic heterocycles. The number of amides is 1. The van der Waals surface area contributed by atoms with Crippen molar-refractivity contribution in [3.05, 3.63) is 52.1 Å². The number of carbonyl (C=O) groups excluding carboxylic acids is 1. The van der Waals surface area contributed by atoms with Gasteiger partial charge in [0, 0.05) is 0 Å². The number of hydrogen-bond donors (Lipinski definition) is 5. The fourth-order valence-corrected chi connectivity index (χ4v) is 4.31. The van der Waals surface area contributed by atoms with Crippen molar-refractivity contribution in [1.82, 2.24) is 25.3 Å². The van der Waals surface area contributed by atoms with Crippen molar-refractivity contribution in [2.75, 3.05) is 5.73 Å². The number of H-pyrrole nitrogens is 1. The minimum absolute atomic E-state index is 0.0329. The molecule has 166 valence electrons. The van der Waals surface area contributed by atoms with Crippen LogP contribution in [0.4, 0.5) is 5.95 Å². The third-order valence-corrected chi connectivity index (χ3v) is 6.43. The van der Waals surface area contributed by atoms with E-state index in [-0.39, 0.29) is 50.5 Å². The number of nitrogens with zero attached hydrogens (tertiary/aromatic N) is 3. The second-order valence-corrected chi connectivity index (χ2v) is 8.79. The summed E-state index contributed by atoms with van der Waals surface area (Å²) in [7, 11) is 0. The number of nitrogen functional groups attached to an aromatic ring is 1. The Hall–Kier alpha value is -3.83. The minimum atomic E-state index is -1.30. The SMILES string of the molecule is Nc1nc2ncc(C[Se]c3ccc(C(=O)N[C@@H](CCC(=O)O)C(=O)O)cc3)nc2c(=O)[nH]1. The number of hydrogen-bond acceptors (Lipinski definition) is 8. The van der Waals surface area contributed by atoms with E-state index in [2.05, 4.69) is 25.3 Å². The number of carboxylic acid groups (broad SMARTS) is 2. The maximum atomic E-state index is 12.3. The Kier molecular flexibility index (Phi) is 7.13. The van der Waals surface area contributed by atoms with Crippen molar-refractivity contribution in [2.24, 2.45) is 0 Å². The van der Waals surface area contributed by atoms with Crippen LogP contribution in [0.15, 0.2) is 35.3 Å². The first-order valence-electron chi connectivity index (χ1n) is 9.22. The first-order valence-corrected chi connectivity index (χ1v) is 11.3. The molecule has 0 bridgehead atoms. The molecule has 13 heteroatoms. The molecule has 32 heavy (non-hydrogen) atoms. The van der Waals surface area contributed by atoms with Crippen molar-refractivity contribution in [3.8, 4) is 0 Å². The van der Waals surface area contributed by atoms with Gasteiger partial charge in [0.25, 0.3) is 0 Å². The van der Waals surface area contributed by atoms with Gasteiger partial charge in [0.2, 0.25) is 0 Å². The van der Waals surface area contributed by atoms with Crippen LogP contribution in [-0.4, -0.2) is 69.0 Å². The van der Waals surface area contributed by atoms with Crippen molar-refractivity contribution in [1.29, 1.82) is 0 Å². The van der Waals surface area contributed by atoms with Crippen LogP contribution in [0.2, 0.25) is 0 Å². The first-order chi connectivity index (χ1) is 15.2. The van der Waals surface area contributed by atoms with E-state index in [4.69, 9.17) is 15.9 Å². The molecule has 3 rings (SSSR count). The predicted molar refractivity (Wildman–Crippen MR) is 114 cm³/mol. The van der Waals surface area contributed by atoms with E-state index in [0.717, 1.165) is 4.46 Å². The molecule has 0 saturated carbocycles. The Morgan fingerprint density at radius 1 is 1.16 bits per heavy atom. The van der Waals surface area contributed by atoms with Crippen molar-refractivity contribution in [2.45, 2.75) is 24.2 Å². The Bertz CT molecular complexity index is 1230. The van der Waals surface area contributed by atoms with E-state index < -0.39 is 29.4 Å². The number of benzene rings is 1. The average Bonchev–Trinajstić information content (AvgIpc) is 2.75. The second-order valence-electron chi connectivity index (χ2n) is 6.59. The summed E-state index contributed by atoms with van der Waals surface area (Å²) in [6.45, 7) is 0. The average molecular weight is 505 g/mol. The van der Waals surface area contributed by atoms with Crippen LogP contribution < -0.4 is 21.1 Å². The Morgan fingerprint density at radius 2 is 1.88 bits per heavy atom. The topological polar surface area (TPSA) is 201 Å². The third-order valence-electron chi connectivity index (χ3n) is 4.24. The van der Waals surface area contributed by atoms with Crippen molar-refractivity contribution >= 4 is 54.4 Å². The zero-order valence-corrected chi connectivity index (χ0v) is 18.2. The van der Waals surface area contributed by atoms with Gasteiger partial charge in [-0.05, 0) is 0 Å². The Labute approximate surface area is 186 Å². The standard InChI is InChI=1S/C19H18N6O6Se/c20-19-24-15-14(17(29)25-19)22-10(7-21-15)8-32-11-3-1-9(2-4-11)16(28)23-12(18(30)31)5-6-13(26)27/h1-4,7,12H,5-6,8H2,(H,23,28)(H,26,27)(H,30,31)(H3,20,21,24,25,29)/t12-/m0/s1. The van der Waals surface area contributed by atoms with E-state index >= 15 is 0 Å². The third kappa shape index (κ3) is 5.86. The van der Waals surface area contributed by atoms with Gasteiger partial charge in [-0.2, -0.15) is 0 Å². The molecule has 0 spiro atoms. The number of nitrogens with two attached hydrogens (primary N) is 1. The van der Waals surface area contributed by atoms with Crippen LogP contribution >= 0.6 is 0 Å². The number of fused-ring (bicyclic) bond motifs is 1. The summed E-state index contributed by atoms with van der Waals surface area (Å²) in [5.41, 5.74) is 6.16. The second kappa shape index (κ2) is 9.98. The molecule has 0 aliphatic heterocycles. The van der Waals surface area contributed by atoms with Gasteiger partial charge in [-0.1, -0.05) is 0 Å². The number of carbonyl (C=O) groups is 3. The van der Waals surface area contributed by atoms with Gasteiger partial charge in [-0.15, -0.1) is 0 Å². The summed E-state index contributed by atoms with van der Waals surface area (Å²) in [6, 6.07) is 5.32. The summed E-state index contributed by atoms with van der Waals surface area (Å²) in [5, 5.41) is 20.7. The van der Waals surface area contributed by atoms with Gasteiger partial charge in [0.1, 0.15) is 0 Å². The summed E-state index contributed by atoms with van der Waals surface area (Å²) in [6.07, 6.45) is 0.946. The molecule has 3 aromatic rings. The van der Waals surface area contributed by atoms with Gasteiger partial charge in [-0.3, -0.25) is 0 Å². The zero-order chi connectivity index (χ0) is 23.3. The van der Waals surface area contributed by atoms with E-state index in [9.17, 15) is 19.2 Å². The molecular weight excluding hydrogens is 487 g/mol. The van der Waals surface area contributed by atoms with E-state index in [0.29, 0.717) is 11.0 Å². The molecule has 0 fully saturated rings. The van der Waals surface area contributed by atoms with E-state index in [1.54, 1.807) is 24.3 Å². The first kappa shape index (κ1) is 22.8. The van der Waals surface area contributed by atoms with Crippen LogP contribution in [0.5, 0.6) is 0 Å². The molecule has 0 radical (unpaired) electrons. The number of nitrogens with one attached hydrogen (secondary N) is 2. The number of aromatic amines is 1. The summed E-state index contributed by atoms with van der Waals surface area (Å²) in [5.74, 6) is -3.08. The number of carboxylic acids is 2. The van der Waals surface area contributed by atoms with Gasteiger partial charge in [0.15, 0.2) is 0 Å². The number of aliphatic carboxylic acids is 2. The molecule has 0 aliphatic rings. The fourth-order valence-electron chi connectivity index (χ4n) is 2.67. The van der Waals surface area contributed by atoms with E-state index in [1.807, 2.05) is 0 Å². The molecule has 1 aromatic carbocycles. The summed E-state index contributed by atoms with van der Waals surface area (Å²) in [4.78, 5) is 60.8. The monoisotopic (exact) mass is 506 g/mol. The molecular formula is C19H18N6O6Se. The number of aromatic nitrogens is 4. The zero-order valence-electron chi connectivity index (χ0n) is 16.4. The quantitative estimate of drug-likeness (QED) is 0.222. The van der Waals surface area contributed by atoms with Gasteiger partial charge >= 0.3 is 186 Å². The van der Waals surface area contributed by atoms with E-state index in [1.165, 1.54) is 6.20 Å². The van der Waals surface area contributed by atoms with Crippen LogP contribution in [0.3, 0.4) is 0 Å². The normalized spacial score (nSPS) is 11.8. The van der Waals surface area contributed by atoms with Crippen molar-refractivity contribution in [3.63, 3.8) is 0 Å². The Morgan fingerprint density at radius 3 is 2.53 bits per heavy atom. The van der Waals surface area contributed by atoms with Crippen LogP contribution in [0.1, 0.15) is 28.9 Å². The van der Waals surface area contributed by atoms with Crippen LogP contribution in [0.25, 0.3) is 11.2 Å². The fraction of sp³-hybridized carbons (Fsp3) is 0.211. The number of anilines is 1. The Balaban J connectivity index is 1.62. The van der Waals surface area contributed by atoms with Crippen LogP contribution in [-0.2, 0) is 14.9 Å². The summed E-state index contributed by atoms with van der Waals surface area (Å²) >= 11 is -0.0730. The molecule has 2 heterocycles. The van der Waals surface area contributed by atoms with Gasteiger partial charge in [-0.25, -0.2) is 0 Å². The molecule has 1 amide bonds. The van der Waals surface area contributed by atoms with Gasteiger partial charge < -0.3 is 0 Å². The van der Waals surface area contributed by atoms with Gasteiger partial charge in [0.05, 0.1) is 0 Å². The predicted octanol–water partition coefficient (Wildman–Crippen LogP) is -1.13. The number of rotatable bonds is 9. The maximum absolute atomic E-state index is 12.3. The summed E-state index contributed by atoms with van der Waals surface area (Å²) < 4.78 is 0.945. The molecule has 6 N–H and O–H groups in total. The van der Waals surface area contributed by atoms with Crippen molar-refractivity contribution < 1.29 is 24.6 Å². The molecule has 0 aliphatic carbocycles. The molecule has 1 atom stereocenters. The molecule has 0 unspecified atom stereocenters.